The summed E-state index contributed by atoms with van der Waals surface area (Å²) in [7, 11) is 0. The van der Waals surface area contributed by atoms with Gasteiger partial charge in [-0.25, -0.2) is 9.78 Å². The number of hydrogen-bond acceptors (Lipinski definition) is 3. The molecule has 14 heavy (non-hydrogen) atoms. The first-order valence-corrected chi connectivity index (χ1v) is 3.92. The van der Waals surface area contributed by atoms with E-state index in [4.69, 9.17) is 5.11 Å². The van der Waals surface area contributed by atoms with Gasteiger partial charge in [0.1, 0.15) is 5.69 Å². The molecule has 0 spiro atoms. The fraction of sp³-hybridized carbons (Fsp3) is 0. The molecule has 0 bridgehead atoms. The van der Waals surface area contributed by atoms with Crippen molar-refractivity contribution in [1.29, 1.82) is 0 Å². The topological polar surface area (TPSA) is 63.3 Å². The minimum absolute atomic E-state index is 0.0810. The number of carboxylic acids is 1. The van der Waals surface area contributed by atoms with Gasteiger partial charge in [0, 0.05) is 6.20 Å². The van der Waals surface area contributed by atoms with Crippen molar-refractivity contribution in [2.75, 3.05) is 0 Å². The quantitative estimate of drug-likeness (QED) is 0.749. The number of hydrogen-bond donors (Lipinski definition) is 1. The molecular weight excluding hydrogens is 182 g/mol. The molecule has 0 unspecified atom stereocenters. The predicted molar refractivity (Wildman–Crippen MR) is 49.9 cm³/mol. The average Bonchev–Trinajstić information content (AvgIpc) is 2.77. The molecule has 0 radical (unpaired) electrons. The summed E-state index contributed by atoms with van der Waals surface area (Å²) in [6.07, 6.45) is 4.70. The van der Waals surface area contributed by atoms with Gasteiger partial charge in [-0.3, -0.25) is 0 Å². The van der Waals surface area contributed by atoms with Gasteiger partial charge in [0.05, 0.1) is 12.5 Å². The fourth-order valence-corrected chi connectivity index (χ4v) is 0.716. The Bertz CT molecular complexity index is 339. The van der Waals surface area contributed by atoms with Crippen molar-refractivity contribution >= 4 is 5.97 Å². The lowest BCUT2D eigenvalue weighted by Gasteiger charge is -1.87. The third-order valence-electron chi connectivity index (χ3n) is 1.31. The first-order chi connectivity index (χ1) is 6.80. The molecule has 0 saturated heterocycles. The SMILES string of the molecule is O=C(O)c1ccccn1.c1ccoc1. The highest BCUT2D eigenvalue weighted by Gasteiger charge is 1.98. The summed E-state index contributed by atoms with van der Waals surface area (Å²) in [5, 5.41) is 8.32. The number of furan rings is 1. The minimum Gasteiger partial charge on any atom is -0.477 e. The minimum atomic E-state index is -0.990. The van der Waals surface area contributed by atoms with Crippen LogP contribution in [-0.4, -0.2) is 16.1 Å². The van der Waals surface area contributed by atoms with Gasteiger partial charge in [0.25, 0.3) is 0 Å². The number of aromatic nitrogens is 1. The van der Waals surface area contributed by atoms with Crippen LogP contribution in [0.2, 0.25) is 0 Å². The van der Waals surface area contributed by atoms with Gasteiger partial charge < -0.3 is 9.52 Å². The van der Waals surface area contributed by atoms with E-state index in [2.05, 4.69) is 9.40 Å². The van der Waals surface area contributed by atoms with Gasteiger partial charge in [-0.15, -0.1) is 0 Å². The summed E-state index contributed by atoms with van der Waals surface area (Å²) in [6, 6.07) is 8.42. The van der Waals surface area contributed by atoms with Crippen LogP contribution in [0.25, 0.3) is 0 Å². The van der Waals surface area contributed by atoms with E-state index >= 15 is 0 Å². The van der Waals surface area contributed by atoms with Crippen molar-refractivity contribution in [2.24, 2.45) is 0 Å². The molecular formula is C10H9NO3. The molecule has 1 N–H and O–H groups in total. The summed E-state index contributed by atoms with van der Waals surface area (Å²) >= 11 is 0. The molecule has 4 nitrogen and oxygen atoms in total. The molecule has 2 aromatic rings. The van der Waals surface area contributed by atoms with E-state index in [0.29, 0.717) is 0 Å². The maximum atomic E-state index is 10.1. The molecule has 2 heterocycles. The van der Waals surface area contributed by atoms with Crippen molar-refractivity contribution in [2.45, 2.75) is 0 Å². The lowest BCUT2D eigenvalue weighted by atomic mass is 10.4. The van der Waals surface area contributed by atoms with E-state index < -0.39 is 5.97 Å². The zero-order valence-electron chi connectivity index (χ0n) is 7.33. The Morgan fingerprint density at radius 3 is 2.21 bits per heavy atom. The van der Waals surface area contributed by atoms with Crippen molar-refractivity contribution in [3.63, 3.8) is 0 Å². The Kier molecular flexibility index (Phi) is 3.94. The van der Waals surface area contributed by atoms with Crippen LogP contribution in [0.5, 0.6) is 0 Å². The van der Waals surface area contributed by atoms with Gasteiger partial charge in [-0.1, -0.05) is 6.07 Å². The standard InChI is InChI=1S/C6H5NO2.C4H4O/c8-6(9)5-3-1-2-4-7-5;1-2-4-5-3-1/h1-4H,(H,8,9);1-4H. The van der Waals surface area contributed by atoms with Crippen LogP contribution in [0, 0.1) is 0 Å². The molecule has 4 heteroatoms. The third kappa shape index (κ3) is 3.53. The van der Waals surface area contributed by atoms with Crippen LogP contribution in [0.3, 0.4) is 0 Å². The highest BCUT2D eigenvalue weighted by atomic mass is 16.4. The maximum Gasteiger partial charge on any atom is 0.354 e. The molecule has 0 saturated carbocycles. The Morgan fingerprint density at radius 2 is 1.93 bits per heavy atom. The number of carbonyl (C=O) groups is 1. The number of pyridine rings is 1. The van der Waals surface area contributed by atoms with Gasteiger partial charge >= 0.3 is 5.97 Å². The molecule has 0 amide bonds. The zero-order chi connectivity index (χ0) is 10.2. The highest BCUT2D eigenvalue weighted by Crippen LogP contribution is 1.90. The molecule has 0 aliphatic heterocycles. The van der Waals surface area contributed by atoms with Gasteiger partial charge in [-0.2, -0.15) is 0 Å². The fourth-order valence-electron chi connectivity index (χ4n) is 0.716. The van der Waals surface area contributed by atoms with E-state index in [-0.39, 0.29) is 5.69 Å². The molecule has 2 aromatic heterocycles. The first kappa shape index (κ1) is 9.98. The molecule has 72 valence electrons. The second kappa shape index (κ2) is 5.53. The summed E-state index contributed by atoms with van der Waals surface area (Å²) in [4.78, 5) is 13.7. The molecule has 0 aliphatic carbocycles. The van der Waals surface area contributed by atoms with E-state index in [1.807, 2.05) is 12.1 Å². The van der Waals surface area contributed by atoms with Gasteiger partial charge in [-0.05, 0) is 24.3 Å². The van der Waals surface area contributed by atoms with Crippen molar-refractivity contribution in [3.05, 3.63) is 54.7 Å². The molecule has 0 aliphatic rings. The Hall–Kier alpha value is -2.10. The number of aromatic carboxylic acids is 1. The largest absolute Gasteiger partial charge is 0.477 e. The highest BCUT2D eigenvalue weighted by molar-refractivity contribution is 5.85. The molecule has 0 atom stereocenters. The van der Waals surface area contributed by atoms with Crippen molar-refractivity contribution in [3.8, 4) is 0 Å². The second-order valence-corrected chi connectivity index (χ2v) is 2.31. The number of rotatable bonds is 1. The van der Waals surface area contributed by atoms with Gasteiger partial charge in [0.15, 0.2) is 0 Å². The normalized spacial score (nSPS) is 8.57. The maximum absolute atomic E-state index is 10.1. The Labute approximate surface area is 80.8 Å². The molecule has 0 fully saturated rings. The van der Waals surface area contributed by atoms with Crippen LogP contribution >= 0.6 is 0 Å². The van der Waals surface area contributed by atoms with Crippen molar-refractivity contribution < 1.29 is 14.3 Å². The Morgan fingerprint density at radius 1 is 1.21 bits per heavy atom. The molecule has 0 aromatic carbocycles. The number of nitrogens with zero attached hydrogens (tertiary/aromatic N) is 1. The number of carboxylic acid groups (broad SMARTS) is 1. The Balaban J connectivity index is 0.000000165. The van der Waals surface area contributed by atoms with E-state index in [1.54, 1.807) is 24.7 Å². The van der Waals surface area contributed by atoms with Crippen LogP contribution in [0.15, 0.2) is 53.5 Å². The van der Waals surface area contributed by atoms with E-state index in [0.717, 1.165) is 0 Å². The summed E-state index contributed by atoms with van der Waals surface area (Å²) in [5.74, 6) is -0.990. The third-order valence-corrected chi connectivity index (χ3v) is 1.31. The monoisotopic (exact) mass is 191 g/mol. The van der Waals surface area contributed by atoms with Crippen LogP contribution in [0.1, 0.15) is 10.5 Å². The lowest BCUT2D eigenvalue weighted by Crippen LogP contribution is -1.97. The van der Waals surface area contributed by atoms with Crippen LogP contribution in [0.4, 0.5) is 0 Å². The molecule has 2 rings (SSSR count). The second-order valence-electron chi connectivity index (χ2n) is 2.31. The summed E-state index contributed by atoms with van der Waals surface area (Å²) in [5.41, 5.74) is 0.0810. The first-order valence-electron chi connectivity index (χ1n) is 3.92. The van der Waals surface area contributed by atoms with Gasteiger partial charge in [0.2, 0.25) is 0 Å². The summed E-state index contributed by atoms with van der Waals surface area (Å²) in [6.45, 7) is 0. The average molecular weight is 191 g/mol. The zero-order valence-corrected chi connectivity index (χ0v) is 7.33. The van der Waals surface area contributed by atoms with Crippen LogP contribution in [-0.2, 0) is 0 Å². The van der Waals surface area contributed by atoms with Crippen molar-refractivity contribution in [1.82, 2.24) is 4.98 Å². The summed E-state index contributed by atoms with van der Waals surface area (Å²) < 4.78 is 4.58. The van der Waals surface area contributed by atoms with E-state index in [1.165, 1.54) is 12.3 Å². The van der Waals surface area contributed by atoms with Crippen LogP contribution < -0.4 is 0 Å². The van der Waals surface area contributed by atoms with E-state index in [9.17, 15) is 4.79 Å². The predicted octanol–water partition coefficient (Wildman–Crippen LogP) is 2.06. The lowest BCUT2D eigenvalue weighted by molar-refractivity contribution is 0.0690. The smallest absolute Gasteiger partial charge is 0.354 e.